The van der Waals surface area contributed by atoms with Crippen LogP contribution in [0.15, 0.2) is 29.2 Å². The van der Waals surface area contributed by atoms with Gasteiger partial charge in [-0.05, 0) is 39.0 Å². The predicted octanol–water partition coefficient (Wildman–Crippen LogP) is 0.460. The summed E-state index contributed by atoms with van der Waals surface area (Å²) >= 11 is 0. The quantitative estimate of drug-likeness (QED) is 0.684. The molecule has 1 unspecified atom stereocenters. The molecule has 19 heavy (non-hydrogen) atoms. The Morgan fingerprint density at radius 3 is 2.42 bits per heavy atom. The molecule has 7 heteroatoms. The lowest BCUT2D eigenvalue weighted by molar-refractivity contribution is -0.122. The third-order valence-electron chi connectivity index (χ3n) is 2.32. The molecular formula is C12H19N3O3S. The van der Waals surface area contributed by atoms with Crippen molar-refractivity contribution in [2.45, 2.75) is 37.8 Å². The zero-order chi connectivity index (χ0) is 14.6. The maximum absolute atomic E-state index is 12.0. The van der Waals surface area contributed by atoms with Crippen molar-refractivity contribution in [2.24, 2.45) is 0 Å². The second-order valence-electron chi connectivity index (χ2n) is 4.58. The van der Waals surface area contributed by atoms with Crippen molar-refractivity contribution in [1.82, 2.24) is 10.0 Å². The van der Waals surface area contributed by atoms with Gasteiger partial charge in [-0.1, -0.05) is 6.07 Å². The van der Waals surface area contributed by atoms with Gasteiger partial charge in [-0.3, -0.25) is 4.79 Å². The molecule has 1 atom stereocenters. The van der Waals surface area contributed by atoms with E-state index in [1.54, 1.807) is 26.0 Å². The Labute approximate surface area is 113 Å². The molecule has 0 aliphatic heterocycles. The van der Waals surface area contributed by atoms with E-state index in [9.17, 15) is 13.2 Å². The number of nitrogens with one attached hydrogen (secondary N) is 2. The summed E-state index contributed by atoms with van der Waals surface area (Å²) in [6.45, 7) is 5.09. The number of benzene rings is 1. The minimum absolute atomic E-state index is 0.0386. The van der Waals surface area contributed by atoms with E-state index >= 15 is 0 Å². The van der Waals surface area contributed by atoms with Gasteiger partial charge in [-0.15, -0.1) is 0 Å². The summed E-state index contributed by atoms with van der Waals surface area (Å²) < 4.78 is 26.4. The molecule has 1 amide bonds. The number of rotatable bonds is 5. The van der Waals surface area contributed by atoms with Gasteiger partial charge in [0, 0.05) is 11.7 Å². The highest BCUT2D eigenvalue weighted by Crippen LogP contribution is 2.12. The number of carbonyl (C=O) groups is 1. The number of amides is 1. The van der Waals surface area contributed by atoms with E-state index in [4.69, 9.17) is 5.73 Å². The van der Waals surface area contributed by atoms with E-state index in [-0.39, 0.29) is 16.8 Å². The monoisotopic (exact) mass is 285 g/mol. The molecule has 0 aliphatic rings. The van der Waals surface area contributed by atoms with Crippen molar-refractivity contribution >= 4 is 21.6 Å². The summed E-state index contributed by atoms with van der Waals surface area (Å²) in [5.74, 6) is -0.373. The number of hydrogen-bond acceptors (Lipinski definition) is 4. The molecule has 0 aliphatic carbocycles. The Morgan fingerprint density at radius 1 is 1.26 bits per heavy atom. The van der Waals surface area contributed by atoms with Crippen molar-refractivity contribution in [2.75, 3.05) is 5.73 Å². The summed E-state index contributed by atoms with van der Waals surface area (Å²) in [5.41, 5.74) is 5.89. The molecule has 1 rings (SSSR count). The lowest BCUT2D eigenvalue weighted by Gasteiger charge is -2.16. The van der Waals surface area contributed by atoms with Gasteiger partial charge in [-0.25, -0.2) is 8.42 Å². The van der Waals surface area contributed by atoms with Crippen LogP contribution in [0.2, 0.25) is 0 Å². The van der Waals surface area contributed by atoms with Crippen LogP contribution >= 0.6 is 0 Å². The van der Waals surface area contributed by atoms with Crippen LogP contribution in [0.3, 0.4) is 0 Å². The van der Waals surface area contributed by atoms with Gasteiger partial charge in [0.05, 0.1) is 10.9 Å². The predicted molar refractivity (Wildman–Crippen MR) is 73.9 cm³/mol. The summed E-state index contributed by atoms with van der Waals surface area (Å²) in [5, 5.41) is 2.64. The second kappa shape index (κ2) is 6.03. The third kappa shape index (κ3) is 4.53. The van der Waals surface area contributed by atoms with Crippen LogP contribution < -0.4 is 15.8 Å². The molecule has 4 N–H and O–H groups in total. The minimum Gasteiger partial charge on any atom is -0.399 e. The Bertz CT molecular complexity index is 555. The first-order valence-electron chi connectivity index (χ1n) is 5.90. The fraction of sp³-hybridized carbons (Fsp3) is 0.417. The smallest absolute Gasteiger partial charge is 0.241 e. The normalized spacial score (nSPS) is 13.3. The Kier molecular flexibility index (Phi) is 4.90. The molecule has 0 saturated heterocycles. The first kappa shape index (κ1) is 15.5. The first-order valence-corrected chi connectivity index (χ1v) is 7.39. The van der Waals surface area contributed by atoms with Gasteiger partial charge in [0.1, 0.15) is 0 Å². The molecule has 0 aromatic heterocycles. The Balaban J connectivity index is 2.83. The van der Waals surface area contributed by atoms with E-state index in [0.29, 0.717) is 5.69 Å². The first-order chi connectivity index (χ1) is 8.72. The summed E-state index contributed by atoms with van der Waals surface area (Å²) in [7, 11) is -3.75. The van der Waals surface area contributed by atoms with Crippen LogP contribution in [0.1, 0.15) is 20.8 Å². The highest BCUT2D eigenvalue weighted by Gasteiger charge is 2.22. The van der Waals surface area contributed by atoms with Crippen molar-refractivity contribution in [3.63, 3.8) is 0 Å². The van der Waals surface area contributed by atoms with E-state index < -0.39 is 16.1 Å². The second-order valence-corrected chi connectivity index (χ2v) is 6.29. The summed E-state index contributed by atoms with van der Waals surface area (Å²) in [4.78, 5) is 11.7. The van der Waals surface area contributed by atoms with E-state index in [0.717, 1.165) is 0 Å². The van der Waals surface area contributed by atoms with Gasteiger partial charge in [0.25, 0.3) is 0 Å². The third-order valence-corrected chi connectivity index (χ3v) is 3.86. The van der Waals surface area contributed by atoms with Crippen LogP contribution in [-0.2, 0) is 14.8 Å². The fourth-order valence-corrected chi connectivity index (χ4v) is 2.70. The molecule has 1 aromatic carbocycles. The van der Waals surface area contributed by atoms with Crippen molar-refractivity contribution in [1.29, 1.82) is 0 Å². The van der Waals surface area contributed by atoms with Crippen molar-refractivity contribution in [3.05, 3.63) is 24.3 Å². The SMILES string of the molecule is CC(C)NC(=O)C(C)NS(=O)(=O)c1cccc(N)c1. The number of sulfonamides is 1. The molecule has 0 fully saturated rings. The molecule has 0 heterocycles. The van der Waals surface area contributed by atoms with E-state index in [1.165, 1.54) is 19.1 Å². The number of carbonyl (C=O) groups excluding carboxylic acids is 1. The number of nitrogens with two attached hydrogens (primary N) is 1. The van der Waals surface area contributed by atoms with Gasteiger partial charge in [-0.2, -0.15) is 4.72 Å². The van der Waals surface area contributed by atoms with Crippen LogP contribution in [0.25, 0.3) is 0 Å². The molecule has 0 bridgehead atoms. The van der Waals surface area contributed by atoms with Gasteiger partial charge < -0.3 is 11.1 Å². The maximum atomic E-state index is 12.0. The zero-order valence-corrected chi connectivity index (χ0v) is 12.0. The molecule has 106 valence electrons. The van der Waals surface area contributed by atoms with Crippen molar-refractivity contribution < 1.29 is 13.2 Å². The highest BCUT2D eigenvalue weighted by molar-refractivity contribution is 7.89. The molecule has 6 nitrogen and oxygen atoms in total. The van der Waals surface area contributed by atoms with Gasteiger partial charge >= 0.3 is 0 Å². The Hall–Kier alpha value is -1.60. The van der Waals surface area contributed by atoms with Gasteiger partial charge in [0.2, 0.25) is 15.9 Å². The van der Waals surface area contributed by atoms with Gasteiger partial charge in [0.15, 0.2) is 0 Å². The summed E-state index contributed by atoms with van der Waals surface area (Å²) in [6.07, 6.45) is 0. The van der Waals surface area contributed by atoms with E-state index in [1.807, 2.05) is 0 Å². The molecule has 0 spiro atoms. The largest absolute Gasteiger partial charge is 0.399 e. The lowest BCUT2D eigenvalue weighted by atomic mass is 10.3. The van der Waals surface area contributed by atoms with Crippen molar-refractivity contribution in [3.8, 4) is 0 Å². The number of anilines is 1. The fourth-order valence-electron chi connectivity index (χ4n) is 1.45. The molecule has 0 radical (unpaired) electrons. The van der Waals surface area contributed by atoms with Crippen LogP contribution in [0.5, 0.6) is 0 Å². The Morgan fingerprint density at radius 2 is 1.89 bits per heavy atom. The summed E-state index contributed by atoms with van der Waals surface area (Å²) in [6, 6.07) is 5.00. The minimum atomic E-state index is -3.75. The number of hydrogen-bond donors (Lipinski definition) is 3. The highest BCUT2D eigenvalue weighted by atomic mass is 32.2. The molecule has 1 aromatic rings. The number of nitrogen functional groups attached to an aromatic ring is 1. The molecular weight excluding hydrogens is 266 g/mol. The average Bonchev–Trinajstić information content (AvgIpc) is 2.27. The zero-order valence-electron chi connectivity index (χ0n) is 11.2. The standard InChI is InChI=1S/C12H19N3O3S/c1-8(2)14-12(16)9(3)15-19(17,18)11-6-4-5-10(13)7-11/h4-9,15H,13H2,1-3H3,(H,14,16). The topological polar surface area (TPSA) is 101 Å². The molecule has 0 saturated carbocycles. The van der Waals surface area contributed by atoms with Crippen LogP contribution in [-0.4, -0.2) is 26.4 Å². The lowest BCUT2D eigenvalue weighted by Crippen LogP contribution is -2.46. The average molecular weight is 285 g/mol. The van der Waals surface area contributed by atoms with Crippen LogP contribution in [0, 0.1) is 0 Å². The van der Waals surface area contributed by atoms with Crippen LogP contribution in [0.4, 0.5) is 5.69 Å². The maximum Gasteiger partial charge on any atom is 0.241 e. The van der Waals surface area contributed by atoms with E-state index in [2.05, 4.69) is 10.0 Å².